The molecule has 0 bridgehead atoms. The van der Waals surface area contributed by atoms with Crippen molar-refractivity contribution < 1.29 is 0 Å². The Morgan fingerprint density at radius 3 is 2.84 bits per heavy atom. The van der Waals surface area contributed by atoms with Crippen molar-refractivity contribution in [1.82, 2.24) is 20.4 Å². The number of nitrogens with one attached hydrogen (secondary N) is 2. The van der Waals surface area contributed by atoms with E-state index in [-0.39, 0.29) is 0 Å². The molecule has 1 aromatic rings. The molecule has 0 spiro atoms. The van der Waals surface area contributed by atoms with Gasteiger partial charge in [-0.05, 0) is 25.8 Å². The Balaban J connectivity index is 1.92. The summed E-state index contributed by atoms with van der Waals surface area (Å²) < 4.78 is 1.87. The van der Waals surface area contributed by atoms with Gasteiger partial charge in [-0.1, -0.05) is 19.3 Å². The predicted octanol–water partition coefficient (Wildman–Crippen LogP) is 1.81. The van der Waals surface area contributed by atoms with Gasteiger partial charge in [0.15, 0.2) is 5.96 Å². The lowest BCUT2D eigenvalue weighted by Crippen LogP contribution is -2.44. The maximum atomic E-state index is 4.64. The third-order valence-corrected chi connectivity index (χ3v) is 3.61. The highest BCUT2D eigenvalue weighted by Gasteiger charge is 2.14. The van der Waals surface area contributed by atoms with Crippen LogP contribution in [-0.2, 0) is 13.6 Å². The van der Waals surface area contributed by atoms with Gasteiger partial charge in [-0.2, -0.15) is 5.10 Å². The molecule has 0 amide bonds. The summed E-state index contributed by atoms with van der Waals surface area (Å²) in [7, 11) is 1.95. The lowest BCUT2D eigenvalue weighted by molar-refractivity contribution is 0.410. The molecule has 106 valence electrons. The highest BCUT2D eigenvalue weighted by molar-refractivity contribution is 5.80. The number of aromatic nitrogens is 2. The second-order valence-electron chi connectivity index (χ2n) is 5.12. The lowest BCUT2D eigenvalue weighted by Gasteiger charge is -2.24. The van der Waals surface area contributed by atoms with Crippen molar-refractivity contribution in [2.45, 2.75) is 51.6 Å². The van der Waals surface area contributed by atoms with Crippen LogP contribution in [0.1, 0.15) is 44.7 Å². The van der Waals surface area contributed by atoms with Gasteiger partial charge >= 0.3 is 0 Å². The fourth-order valence-corrected chi connectivity index (χ4v) is 2.48. The zero-order valence-corrected chi connectivity index (χ0v) is 12.0. The molecule has 1 heterocycles. The molecule has 2 rings (SSSR count). The predicted molar refractivity (Wildman–Crippen MR) is 78.0 cm³/mol. The zero-order valence-electron chi connectivity index (χ0n) is 12.0. The topological polar surface area (TPSA) is 54.2 Å². The second-order valence-corrected chi connectivity index (χ2v) is 5.12. The fraction of sp³-hybridized carbons (Fsp3) is 0.714. The van der Waals surface area contributed by atoms with Gasteiger partial charge in [0.05, 0.1) is 12.2 Å². The van der Waals surface area contributed by atoms with Crippen LogP contribution in [-0.4, -0.2) is 28.3 Å². The van der Waals surface area contributed by atoms with E-state index in [0.29, 0.717) is 12.6 Å². The van der Waals surface area contributed by atoms with E-state index in [2.05, 4.69) is 27.6 Å². The van der Waals surface area contributed by atoms with Crippen LogP contribution in [0.25, 0.3) is 0 Å². The molecule has 0 saturated heterocycles. The van der Waals surface area contributed by atoms with Crippen LogP contribution in [0, 0.1) is 0 Å². The monoisotopic (exact) mass is 263 g/mol. The number of rotatable bonds is 4. The molecule has 5 nitrogen and oxygen atoms in total. The van der Waals surface area contributed by atoms with Gasteiger partial charge in [0.25, 0.3) is 0 Å². The zero-order chi connectivity index (χ0) is 13.5. The summed E-state index contributed by atoms with van der Waals surface area (Å²) in [6, 6.07) is 2.59. The average Bonchev–Trinajstić information content (AvgIpc) is 2.83. The number of guanidine groups is 1. The number of nitrogens with zero attached hydrogens (tertiary/aromatic N) is 3. The highest BCUT2D eigenvalue weighted by Crippen LogP contribution is 2.17. The molecule has 0 aromatic carbocycles. The Labute approximate surface area is 115 Å². The van der Waals surface area contributed by atoms with E-state index in [1.807, 2.05) is 24.0 Å². The summed E-state index contributed by atoms with van der Waals surface area (Å²) in [5.41, 5.74) is 1.13. The van der Waals surface area contributed by atoms with Crippen molar-refractivity contribution in [2.24, 2.45) is 12.0 Å². The van der Waals surface area contributed by atoms with Gasteiger partial charge in [0.1, 0.15) is 0 Å². The first-order valence-electron chi connectivity index (χ1n) is 7.31. The average molecular weight is 263 g/mol. The molecule has 0 atom stereocenters. The lowest BCUT2D eigenvalue weighted by atomic mass is 9.96. The first kappa shape index (κ1) is 13.9. The Morgan fingerprint density at radius 1 is 1.42 bits per heavy atom. The number of aryl methyl sites for hydroxylation is 1. The molecule has 0 aliphatic heterocycles. The molecule has 0 unspecified atom stereocenters. The fourth-order valence-electron chi connectivity index (χ4n) is 2.48. The molecule has 0 radical (unpaired) electrons. The van der Waals surface area contributed by atoms with Crippen molar-refractivity contribution in [2.75, 3.05) is 6.54 Å². The summed E-state index contributed by atoms with van der Waals surface area (Å²) >= 11 is 0. The van der Waals surface area contributed by atoms with E-state index in [0.717, 1.165) is 18.2 Å². The minimum absolute atomic E-state index is 0.582. The van der Waals surface area contributed by atoms with Gasteiger partial charge in [0, 0.05) is 25.8 Å². The second kappa shape index (κ2) is 7.16. The van der Waals surface area contributed by atoms with Gasteiger partial charge in [-0.3, -0.25) is 4.68 Å². The van der Waals surface area contributed by atoms with Crippen LogP contribution in [0.2, 0.25) is 0 Å². The summed E-state index contributed by atoms with van der Waals surface area (Å²) in [5, 5.41) is 11.0. The summed E-state index contributed by atoms with van der Waals surface area (Å²) in [6.07, 6.45) is 8.37. The largest absolute Gasteiger partial charge is 0.357 e. The van der Waals surface area contributed by atoms with E-state index >= 15 is 0 Å². The first-order valence-corrected chi connectivity index (χ1v) is 7.31. The SMILES string of the molecule is CCNC(=NCc1ccnn1C)NC1CCCCC1. The minimum atomic E-state index is 0.582. The van der Waals surface area contributed by atoms with Crippen LogP contribution in [0.5, 0.6) is 0 Å². The van der Waals surface area contributed by atoms with Gasteiger partial charge in [0.2, 0.25) is 0 Å². The molecular weight excluding hydrogens is 238 g/mol. The van der Waals surface area contributed by atoms with Crippen LogP contribution in [0.3, 0.4) is 0 Å². The highest BCUT2D eigenvalue weighted by atomic mass is 15.3. The van der Waals surface area contributed by atoms with E-state index in [1.165, 1.54) is 32.1 Å². The van der Waals surface area contributed by atoms with Crippen molar-refractivity contribution >= 4 is 5.96 Å². The molecule has 19 heavy (non-hydrogen) atoms. The Kier molecular flexibility index (Phi) is 5.24. The van der Waals surface area contributed by atoms with Crippen LogP contribution >= 0.6 is 0 Å². The minimum Gasteiger partial charge on any atom is -0.357 e. The van der Waals surface area contributed by atoms with Crippen molar-refractivity contribution in [3.63, 3.8) is 0 Å². The van der Waals surface area contributed by atoms with Crippen molar-refractivity contribution in [3.8, 4) is 0 Å². The summed E-state index contributed by atoms with van der Waals surface area (Å²) in [6.45, 7) is 3.66. The molecule has 1 fully saturated rings. The molecule has 1 saturated carbocycles. The third kappa shape index (κ3) is 4.26. The third-order valence-electron chi connectivity index (χ3n) is 3.61. The van der Waals surface area contributed by atoms with E-state index < -0.39 is 0 Å². The Morgan fingerprint density at radius 2 is 2.21 bits per heavy atom. The van der Waals surface area contributed by atoms with E-state index in [9.17, 15) is 0 Å². The van der Waals surface area contributed by atoms with E-state index in [4.69, 9.17) is 0 Å². The first-order chi connectivity index (χ1) is 9.29. The summed E-state index contributed by atoms with van der Waals surface area (Å²) in [4.78, 5) is 4.64. The standard InChI is InChI=1S/C14H25N5/c1-3-15-14(18-12-7-5-4-6-8-12)16-11-13-9-10-17-19(13)2/h9-10,12H,3-8,11H2,1-2H3,(H2,15,16,18). The van der Waals surface area contributed by atoms with Crippen molar-refractivity contribution in [1.29, 1.82) is 0 Å². The van der Waals surface area contributed by atoms with Crippen LogP contribution in [0.15, 0.2) is 17.3 Å². The normalized spacial score (nSPS) is 17.5. The molecule has 1 aliphatic rings. The van der Waals surface area contributed by atoms with Gasteiger partial charge in [-0.25, -0.2) is 4.99 Å². The smallest absolute Gasteiger partial charge is 0.191 e. The number of hydrogen-bond acceptors (Lipinski definition) is 2. The van der Waals surface area contributed by atoms with Crippen LogP contribution in [0.4, 0.5) is 0 Å². The van der Waals surface area contributed by atoms with Gasteiger partial charge in [-0.15, -0.1) is 0 Å². The Hall–Kier alpha value is -1.52. The molecule has 1 aromatic heterocycles. The summed E-state index contributed by atoms with van der Waals surface area (Å²) in [5.74, 6) is 0.926. The number of hydrogen-bond donors (Lipinski definition) is 2. The molecule has 2 N–H and O–H groups in total. The quantitative estimate of drug-likeness (QED) is 0.643. The van der Waals surface area contributed by atoms with E-state index in [1.54, 1.807) is 0 Å². The van der Waals surface area contributed by atoms with Crippen molar-refractivity contribution in [3.05, 3.63) is 18.0 Å². The number of aliphatic imine (C=N–C) groups is 1. The maximum absolute atomic E-state index is 4.64. The molecule has 5 heteroatoms. The molecular formula is C14H25N5. The van der Waals surface area contributed by atoms with Crippen LogP contribution < -0.4 is 10.6 Å². The molecule has 1 aliphatic carbocycles. The van der Waals surface area contributed by atoms with Gasteiger partial charge < -0.3 is 10.6 Å². The maximum Gasteiger partial charge on any atom is 0.191 e. The Bertz CT molecular complexity index is 404.